The van der Waals surface area contributed by atoms with Crippen molar-refractivity contribution in [3.8, 4) is 0 Å². The van der Waals surface area contributed by atoms with Gasteiger partial charge in [-0.15, -0.1) is 0 Å². The highest BCUT2D eigenvalue weighted by molar-refractivity contribution is 5.80. The second-order valence-corrected chi connectivity index (χ2v) is 3.80. The zero-order chi connectivity index (χ0) is 10.7. The summed E-state index contributed by atoms with van der Waals surface area (Å²) in [5, 5.41) is 4.31. The maximum atomic E-state index is 5.77. The van der Waals surface area contributed by atoms with Crippen LogP contribution in [0.15, 0.2) is 11.1 Å². The lowest BCUT2D eigenvalue weighted by atomic mass is 10.4. The summed E-state index contributed by atoms with van der Waals surface area (Å²) in [5.74, 6) is 0.631. The van der Waals surface area contributed by atoms with Gasteiger partial charge in [0.25, 0.3) is 0 Å². The van der Waals surface area contributed by atoms with Crippen molar-refractivity contribution in [3.63, 3.8) is 0 Å². The van der Waals surface area contributed by atoms with E-state index in [1.807, 2.05) is 38.4 Å². The van der Waals surface area contributed by atoms with E-state index in [9.17, 15) is 0 Å². The highest BCUT2D eigenvalue weighted by Gasteiger charge is 2.02. The molecule has 0 atom stereocenters. The van der Waals surface area contributed by atoms with Crippen LogP contribution in [-0.2, 0) is 6.54 Å². The Morgan fingerprint density at radius 2 is 2.21 bits per heavy atom. The van der Waals surface area contributed by atoms with Gasteiger partial charge in [0.2, 0.25) is 0 Å². The van der Waals surface area contributed by atoms with E-state index in [4.69, 9.17) is 5.73 Å². The van der Waals surface area contributed by atoms with Crippen LogP contribution in [0.3, 0.4) is 0 Å². The molecule has 1 heterocycles. The molecule has 0 aliphatic carbocycles. The van der Waals surface area contributed by atoms with E-state index in [-0.39, 0.29) is 6.04 Å². The number of amidine groups is 1. The number of aliphatic imine (C=N–C) groups is 1. The lowest BCUT2D eigenvalue weighted by Gasteiger charge is -2.05. The molecule has 0 aliphatic rings. The Kier molecular flexibility index (Phi) is 3.28. The van der Waals surface area contributed by atoms with Gasteiger partial charge >= 0.3 is 0 Å². The van der Waals surface area contributed by atoms with Crippen molar-refractivity contribution in [2.45, 2.75) is 40.3 Å². The Balaban J connectivity index is 2.74. The molecule has 0 aromatic carbocycles. The van der Waals surface area contributed by atoms with Gasteiger partial charge in [-0.25, -0.2) is 0 Å². The number of nitrogens with two attached hydrogens (primary N) is 1. The molecule has 0 aliphatic heterocycles. The molecule has 0 radical (unpaired) electrons. The highest BCUT2D eigenvalue weighted by atomic mass is 15.3. The Morgan fingerprint density at radius 1 is 1.57 bits per heavy atom. The Labute approximate surface area is 84.8 Å². The molecule has 4 nitrogen and oxygen atoms in total. The number of aromatic nitrogens is 2. The third-order valence-corrected chi connectivity index (χ3v) is 1.84. The van der Waals surface area contributed by atoms with Crippen LogP contribution in [0.25, 0.3) is 0 Å². The molecule has 0 amide bonds. The van der Waals surface area contributed by atoms with Crippen LogP contribution in [0.4, 0.5) is 0 Å². The largest absolute Gasteiger partial charge is 0.386 e. The minimum absolute atomic E-state index is 0.243. The summed E-state index contributed by atoms with van der Waals surface area (Å²) < 4.78 is 1.87. The van der Waals surface area contributed by atoms with Crippen molar-refractivity contribution >= 4 is 5.84 Å². The Hall–Kier alpha value is -1.32. The number of hydrogen-bond acceptors (Lipinski definition) is 2. The molecular formula is C10H18N4. The first-order valence-electron chi connectivity index (χ1n) is 4.82. The fourth-order valence-electron chi connectivity index (χ4n) is 1.36. The smallest absolute Gasteiger partial charge is 0.116 e. The molecule has 1 rings (SSSR count). The molecule has 0 bridgehead atoms. The van der Waals surface area contributed by atoms with E-state index in [1.165, 1.54) is 0 Å². The van der Waals surface area contributed by atoms with Crippen LogP contribution in [0.5, 0.6) is 0 Å². The van der Waals surface area contributed by atoms with Gasteiger partial charge in [0.05, 0.1) is 12.2 Å². The third kappa shape index (κ3) is 2.87. The molecule has 4 heteroatoms. The summed E-state index contributed by atoms with van der Waals surface area (Å²) in [6.45, 7) is 8.59. The summed E-state index contributed by atoms with van der Waals surface area (Å²) in [6.07, 6.45) is 0. The van der Waals surface area contributed by atoms with Gasteiger partial charge in [-0.3, -0.25) is 9.67 Å². The van der Waals surface area contributed by atoms with E-state index in [1.54, 1.807) is 0 Å². The first-order valence-corrected chi connectivity index (χ1v) is 4.82. The number of hydrogen-bond donors (Lipinski definition) is 1. The first kappa shape index (κ1) is 10.8. The molecule has 78 valence electrons. The maximum absolute atomic E-state index is 5.77. The molecule has 0 fully saturated rings. The van der Waals surface area contributed by atoms with Crippen molar-refractivity contribution in [2.75, 3.05) is 0 Å². The monoisotopic (exact) mass is 194 g/mol. The maximum Gasteiger partial charge on any atom is 0.116 e. The van der Waals surface area contributed by atoms with Gasteiger partial charge in [-0.2, -0.15) is 5.10 Å². The molecule has 2 N–H and O–H groups in total. The van der Waals surface area contributed by atoms with Gasteiger partial charge in [-0.05, 0) is 33.8 Å². The highest BCUT2D eigenvalue weighted by Crippen LogP contribution is 2.01. The van der Waals surface area contributed by atoms with Gasteiger partial charge in [0, 0.05) is 11.7 Å². The Morgan fingerprint density at radius 3 is 2.64 bits per heavy atom. The van der Waals surface area contributed by atoms with Gasteiger partial charge < -0.3 is 5.73 Å². The van der Waals surface area contributed by atoms with Crippen LogP contribution < -0.4 is 5.73 Å². The normalized spacial score (nSPS) is 12.5. The van der Waals surface area contributed by atoms with E-state index in [0.29, 0.717) is 12.4 Å². The predicted octanol–water partition coefficient (Wildman–Crippen LogP) is 1.27. The minimum atomic E-state index is 0.243. The molecule has 0 spiro atoms. The summed E-state index contributed by atoms with van der Waals surface area (Å²) >= 11 is 0. The molecule has 0 saturated heterocycles. The van der Waals surface area contributed by atoms with Crippen molar-refractivity contribution in [3.05, 3.63) is 17.5 Å². The summed E-state index contributed by atoms with van der Waals surface area (Å²) in [4.78, 5) is 4.26. The van der Waals surface area contributed by atoms with Gasteiger partial charge in [0.15, 0.2) is 0 Å². The topological polar surface area (TPSA) is 56.2 Å². The average Bonchev–Trinajstić information content (AvgIpc) is 2.28. The number of aryl methyl sites for hydroxylation is 2. The molecule has 1 aromatic rings. The van der Waals surface area contributed by atoms with Crippen LogP contribution in [0.1, 0.15) is 25.2 Å². The molecule has 0 saturated carbocycles. The summed E-state index contributed by atoms with van der Waals surface area (Å²) in [5.41, 5.74) is 7.90. The van der Waals surface area contributed by atoms with Crippen LogP contribution >= 0.6 is 0 Å². The Bertz CT molecular complexity index is 336. The van der Waals surface area contributed by atoms with Crippen LogP contribution in [-0.4, -0.2) is 21.7 Å². The molecule has 0 unspecified atom stereocenters. The standard InChI is InChI=1S/C10H18N4/c1-7(2)12-10(11)6-14-9(4)5-8(3)13-14/h5,7H,6H2,1-4H3,(H2,11,12). The molecule has 14 heavy (non-hydrogen) atoms. The summed E-state index contributed by atoms with van der Waals surface area (Å²) in [6, 6.07) is 2.27. The molecular weight excluding hydrogens is 176 g/mol. The van der Waals surface area contributed by atoms with Gasteiger partial charge in [-0.1, -0.05) is 0 Å². The van der Waals surface area contributed by atoms with Crippen molar-refractivity contribution < 1.29 is 0 Å². The van der Waals surface area contributed by atoms with Crippen LogP contribution in [0, 0.1) is 13.8 Å². The second-order valence-electron chi connectivity index (χ2n) is 3.80. The summed E-state index contributed by atoms with van der Waals surface area (Å²) in [7, 11) is 0. The quantitative estimate of drug-likeness (QED) is 0.582. The first-order chi connectivity index (χ1) is 6.49. The fraction of sp³-hybridized carbons (Fsp3) is 0.600. The van der Waals surface area contributed by atoms with E-state index in [0.717, 1.165) is 11.4 Å². The SMILES string of the molecule is Cc1cc(C)n(CC(N)=NC(C)C)n1. The van der Waals surface area contributed by atoms with Crippen molar-refractivity contribution in [1.29, 1.82) is 0 Å². The van der Waals surface area contributed by atoms with Gasteiger partial charge in [0.1, 0.15) is 5.84 Å². The van der Waals surface area contributed by atoms with Crippen molar-refractivity contribution in [2.24, 2.45) is 10.7 Å². The zero-order valence-electron chi connectivity index (χ0n) is 9.28. The van der Waals surface area contributed by atoms with Crippen LogP contribution in [0.2, 0.25) is 0 Å². The van der Waals surface area contributed by atoms with E-state index in [2.05, 4.69) is 10.1 Å². The minimum Gasteiger partial charge on any atom is -0.386 e. The molecule has 1 aromatic heterocycles. The van der Waals surface area contributed by atoms with E-state index >= 15 is 0 Å². The average molecular weight is 194 g/mol. The fourth-order valence-corrected chi connectivity index (χ4v) is 1.36. The van der Waals surface area contributed by atoms with E-state index < -0.39 is 0 Å². The zero-order valence-corrected chi connectivity index (χ0v) is 9.28. The number of rotatable bonds is 3. The lowest BCUT2D eigenvalue weighted by molar-refractivity contribution is 0.682. The third-order valence-electron chi connectivity index (χ3n) is 1.84. The second kappa shape index (κ2) is 4.26. The predicted molar refractivity (Wildman–Crippen MR) is 58.5 cm³/mol. The lowest BCUT2D eigenvalue weighted by Crippen LogP contribution is -2.22. The van der Waals surface area contributed by atoms with Crippen molar-refractivity contribution in [1.82, 2.24) is 9.78 Å². The number of nitrogens with zero attached hydrogens (tertiary/aromatic N) is 3.